The third-order valence-corrected chi connectivity index (χ3v) is 1.33. The molecule has 1 unspecified atom stereocenters. The van der Waals surface area contributed by atoms with Crippen molar-refractivity contribution in [3.8, 4) is 0 Å². The van der Waals surface area contributed by atoms with Crippen LogP contribution in [0.4, 0.5) is 0 Å². The van der Waals surface area contributed by atoms with Crippen molar-refractivity contribution < 1.29 is 4.79 Å². The quantitative estimate of drug-likeness (QED) is 0.502. The number of aldehydes is 1. The summed E-state index contributed by atoms with van der Waals surface area (Å²) in [5, 5.41) is -0.499. The van der Waals surface area contributed by atoms with Crippen molar-refractivity contribution in [2.45, 2.75) is 5.25 Å². The molecule has 52 valence electrons. The van der Waals surface area contributed by atoms with Gasteiger partial charge in [0.25, 0.3) is 0 Å². The highest BCUT2D eigenvalue weighted by Crippen LogP contribution is 2.09. The fraction of sp³-hybridized carbons (Fsp3) is 0.167. The summed E-state index contributed by atoms with van der Waals surface area (Å²) in [6.45, 7) is 0. The van der Waals surface area contributed by atoms with Gasteiger partial charge in [-0.2, -0.15) is 12.6 Å². The summed E-state index contributed by atoms with van der Waals surface area (Å²) in [7, 11) is 0. The molecule has 0 fully saturated rings. The molecular formula is C6H6N2OS. The Morgan fingerprint density at radius 3 is 2.60 bits per heavy atom. The Bertz CT molecular complexity index is 214. The van der Waals surface area contributed by atoms with E-state index in [9.17, 15) is 4.79 Å². The molecule has 3 nitrogen and oxygen atoms in total. The lowest BCUT2D eigenvalue weighted by Crippen LogP contribution is -1.97. The van der Waals surface area contributed by atoms with Crippen molar-refractivity contribution in [2.24, 2.45) is 0 Å². The summed E-state index contributed by atoms with van der Waals surface area (Å²) >= 11 is 3.93. The Kier molecular flexibility index (Phi) is 2.39. The maximum atomic E-state index is 10.1. The maximum Gasteiger partial charge on any atom is 0.148 e. The average Bonchev–Trinajstić information content (AvgIpc) is 2.05. The molecule has 0 N–H and O–H groups in total. The van der Waals surface area contributed by atoms with Crippen LogP contribution < -0.4 is 0 Å². The van der Waals surface area contributed by atoms with E-state index in [0.717, 1.165) is 0 Å². The number of carbonyl (C=O) groups excluding carboxylic acids is 1. The molecule has 4 heteroatoms. The number of nitrogens with zero attached hydrogens (tertiary/aromatic N) is 2. The normalized spacial score (nSPS) is 12.5. The Hall–Kier alpha value is -0.900. The largest absolute Gasteiger partial charge is 0.302 e. The summed E-state index contributed by atoms with van der Waals surface area (Å²) in [6.07, 6.45) is 3.85. The van der Waals surface area contributed by atoms with Gasteiger partial charge < -0.3 is 4.79 Å². The zero-order chi connectivity index (χ0) is 7.40. The van der Waals surface area contributed by atoms with Crippen LogP contribution in [0.1, 0.15) is 11.1 Å². The number of carbonyl (C=O) groups is 1. The highest BCUT2D eigenvalue weighted by molar-refractivity contribution is 7.81. The second-order valence-electron chi connectivity index (χ2n) is 1.69. The molecule has 0 aliphatic carbocycles. The molecule has 1 heterocycles. The molecule has 0 aliphatic rings. The van der Waals surface area contributed by atoms with Crippen molar-refractivity contribution in [3.05, 3.63) is 24.3 Å². The van der Waals surface area contributed by atoms with Gasteiger partial charge in [0.05, 0.1) is 0 Å². The first-order chi connectivity index (χ1) is 4.84. The molecule has 1 aromatic heterocycles. The van der Waals surface area contributed by atoms with Crippen LogP contribution in [0.25, 0.3) is 0 Å². The molecule has 0 aromatic carbocycles. The van der Waals surface area contributed by atoms with Gasteiger partial charge in [0.2, 0.25) is 0 Å². The molecule has 0 saturated carbocycles. The summed E-state index contributed by atoms with van der Waals surface area (Å²) in [6, 6.07) is 1.69. The predicted octanol–water partition coefficient (Wildman–Crippen LogP) is 0.646. The average molecular weight is 154 g/mol. The van der Waals surface area contributed by atoms with E-state index >= 15 is 0 Å². The second-order valence-corrected chi connectivity index (χ2v) is 2.24. The van der Waals surface area contributed by atoms with Crippen LogP contribution in [0.3, 0.4) is 0 Å². The molecule has 0 saturated heterocycles. The SMILES string of the molecule is O=CC(S)c1ncccn1. The topological polar surface area (TPSA) is 42.9 Å². The molecule has 0 aliphatic heterocycles. The Balaban J connectivity index is 2.84. The molecule has 0 bridgehead atoms. The van der Waals surface area contributed by atoms with Gasteiger partial charge >= 0.3 is 0 Å². The highest BCUT2D eigenvalue weighted by atomic mass is 32.1. The minimum Gasteiger partial charge on any atom is -0.302 e. The van der Waals surface area contributed by atoms with Crippen LogP contribution in [0, 0.1) is 0 Å². The summed E-state index contributed by atoms with van der Waals surface area (Å²) in [4.78, 5) is 17.8. The van der Waals surface area contributed by atoms with Crippen molar-refractivity contribution in [1.82, 2.24) is 9.97 Å². The molecule has 10 heavy (non-hydrogen) atoms. The first-order valence-electron chi connectivity index (χ1n) is 2.75. The standard InChI is InChI=1S/C6H6N2OS/c9-4-5(10)6-7-2-1-3-8-6/h1-5,10H. The van der Waals surface area contributed by atoms with E-state index in [1.807, 2.05) is 0 Å². The molecular weight excluding hydrogens is 148 g/mol. The van der Waals surface area contributed by atoms with E-state index in [-0.39, 0.29) is 0 Å². The van der Waals surface area contributed by atoms with Gasteiger partial charge in [0.1, 0.15) is 17.4 Å². The lowest BCUT2D eigenvalue weighted by molar-refractivity contribution is -0.107. The van der Waals surface area contributed by atoms with Gasteiger partial charge in [-0.1, -0.05) is 0 Å². The van der Waals surface area contributed by atoms with Crippen molar-refractivity contribution in [2.75, 3.05) is 0 Å². The minimum atomic E-state index is -0.499. The van der Waals surface area contributed by atoms with E-state index in [4.69, 9.17) is 0 Å². The van der Waals surface area contributed by atoms with Crippen LogP contribution >= 0.6 is 12.6 Å². The van der Waals surface area contributed by atoms with Crippen molar-refractivity contribution in [3.63, 3.8) is 0 Å². The molecule has 1 aromatic rings. The zero-order valence-corrected chi connectivity index (χ0v) is 6.03. The maximum absolute atomic E-state index is 10.1. The van der Waals surface area contributed by atoms with Gasteiger partial charge in [-0.05, 0) is 6.07 Å². The highest BCUT2D eigenvalue weighted by Gasteiger charge is 2.04. The van der Waals surface area contributed by atoms with Crippen molar-refractivity contribution >= 4 is 18.9 Å². The summed E-state index contributed by atoms with van der Waals surface area (Å²) in [5.41, 5.74) is 0. The smallest absolute Gasteiger partial charge is 0.148 e. The van der Waals surface area contributed by atoms with Crippen LogP contribution in [-0.4, -0.2) is 16.3 Å². The van der Waals surface area contributed by atoms with E-state index < -0.39 is 5.25 Å². The first kappa shape index (κ1) is 7.21. The second kappa shape index (κ2) is 3.31. The van der Waals surface area contributed by atoms with E-state index in [2.05, 4.69) is 22.6 Å². The first-order valence-corrected chi connectivity index (χ1v) is 3.26. The van der Waals surface area contributed by atoms with Crippen LogP contribution in [-0.2, 0) is 4.79 Å². The van der Waals surface area contributed by atoms with Crippen molar-refractivity contribution in [1.29, 1.82) is 0 Å². The van der Waals surface area contributed by atoms with Gasteiger partial charge in [-0.15, -0.1) is 0 Å². The lowest BCUT2D eigenvalue weighted by Gasteiger charge is -1.97. The molecule has 0 radical (unpaired) electrons. The molecule has 1 atom stereocenters. The molecule has 0 spiro atoms. The fourth-order valence-corrected chi connectivity index (χ4v) is 0.658. The monoisotopic (exact) mass is 154 g/mol. The van der Waals surface area contributed by atoms with E-state index in [1.54, 1.807) is 18.5 Å². The third-order valence-electron chi connectivity index (χ3n) is 0.979. The number of rotatable bonds is 2. The third kappa shape index (κ3) is 1.54. The van der Waals surface area contributed by atoms with Gasteiger partial charge in [0, 0.05) is 12.4 Å². The summed E-state index contributed by atoms with van der Waals surface area (Å²) < 4.78 is 0. The Labute approximate surface area is 63.9 Å². The Morgan fingerprint density at radius 1 is 1.50 bits per heavy atom. The number of hydrogen-bond donors (Lipinski definition) is 1. The van der Waals surface area contributed by atoms with E-state index in [0.29, 0.717) is 12.1 Å². The van der Waals surface area contributed by atoms with Gasteiger partial charge in [0.15, 0.2) is 0 Å². The number of aromatic nitrogens is 2. The van der Waals surface area contributed by atoms with Crippen LogP contribution in [0.15, 0.2) is 18.5 Å². The van der Waals surface area contributed by atoms with Crippen LogP contribution in [0.2, 0.25) is 0 Å². The summed E-state index contributed by atoms with van der Waals surface area (Å²) in [5.74, 6) is 0.445. The lowest BCUT2D eigenvalue weighted by atomic mass is 10.4. The fourth-order valence-electron chi connectivity index (χ4n) is 0.524. The van der Waals surface area contributed by atoms with Crippen LogP contribution in [0.5, 0.6) is 0 Å². The Morgan fingerprint density at radius 2 is 2.10 bits per heavy atom. The van der Waals surface area contributed by atoms with Gasteiger partial charge in [-0.3, -0.25) is 0 Å². The van der Waals surface area contributed by atoms with Gasteiger partial charge in [-0.25, -0.2) is 9.97 Å². The minimum absolute atomic E-state index is 0.445. The predicted molar refractivity (Wildman–Crippen MR) is 39.8 cm³/mol. The number of thiol groups is 1. The molecule has 1 rings (SSSR count). The molecule has 0 amide bonds. The number of hydrogen-bond acceptors (Lipinski definition) is 4. The zero-order valence-electron chi connectivity index (χ0n) is 5.14. The van der Waals surface area contributed by atoms with E-state index in [1.165, 1.54) is 0 Å².